The van der Waals surface area contributed by atoms with Gasteiger partial charge in [-0.1, -0.05) is 40.7 Å². The molecule has 0 N–H and O–H groups in total. The van der Waals surface area contributed by atoms with Gasteiger partial charge in [-0.05, 0) is 103 Å². The van der Waals surface area contributed by atoms with Crippen molar-refractivity contribution in [3.63, 3.8) is 0 Å². The third-order valence-electron chi connectivity index (χ3n) is 6.65. The van der Waals surface area contributed by atoms with Crippen LogP contribution in [0.15, 0.2) is 12.1 Å². The zero-order valence-electron chi connectivity index (χ0n) is 27.2. The van der Waals surface area contributed by atoms with Crippen LogP contribution in [0, 0.1) is 6.92 Å². The van der Waals surface area contributed by atoms with E-state index in [1.54, 1.807) is 27.7 Å². The first kappa shape index (κ1) is 35.8. The summed E-state index contributed by atoms with van der Waals surface area (Å²) in [5.41, 5.74) is 1.29. The largest absolute Gasteiger partial charge is 0.530 e. The number of benzene rings is 1. The van der Waals surface area contributed by atoms with Crippen LogP contribution in [0.4, 0.5) is 0 Å². The van der Waals surface area contributed by atoms with Crippen molar-refractivity contribution in [1.29, 1.82) is 0 Å². The number of rotatable bonds is 13. The average Bonchev–Trinajstić information content (AvgIpc) is 2.62. The highest BCUT2D eigenvalue weighted by atomic mass is 31.2. The third kappa shape index (κ3) is 11.7. The van der Waals surface area contributed by atoms with Gasteiger partial charge in [0.25, 0.3) is 0 Å². The number of hydrogen-bond acceptors (Lipinski definition) is 7. The van der Waals surface area contributed by atoms with E-state index in [1.165, 1.54) is 0 Å². The lowest BCUT2D eigenvalue weighted by Gasteiger charge is -2.38. The lowest BCUT2D eigenvalue weighted by molar-refractivity contribution is -0.153. The second-order valence-electron chi connectivity index (χ2n) is 14.1. The van der Waals surface area contributed by atoms with E-state index in [9.17, 15) is 9.36 Å². The predicted octanol–water partition coefficient (Wildman–Crippen LogP) is 8.91. The van der Waals surface area contributed by atoms with Crippen LogP contribution in [-0.4, -0.2) is 38.7 Å². The molecule has 0 radical (unpaired) electrons. The molecule has 7 nitrogen and oxygen atoms in total. The summed E-state index contributed by atoms with van der Waals surface area (Å²) in [4.78, 5) is 13.0. The van der Waals surface area contributed by atoms with Crippen molar-refractivity contribution in [2.24, 2.45) is 0 Å². The molecule has 0 bridgehead atoms. The van der Waals surface area contributed by atoms with Gasteiger partial charge in [0, 0.05) is 12.2 Å². The van der Waals surface area contributed by atoms with E-state index in [2.05, 4.69) is 47.7 Å². The number of phosphoric acid groups is 1. The lowest BCUT2D eigenvalue weighted by Crippen LogP contribution is -2.41. The average molecular weight is 587 g/mol. The van der Waals surface area contributed by atoms with Crippen LogP contribution >= 0.6 is 7.82 Å². The van der Waals surface area contributed by atoms with Gasteiger partial charge in [0.1, 0.15) is 11.4 Å². The van der Waals surface area contributed by atoms with Crippen LogP contribution in [-0.2, 0) is 39.4 Å². The molecule has 0 unspecified atom stereocenters. The summed E-state index contributed by atoms with van der Waals surface area (Å²) in [6, 6.07) is 3.81. The normalized spacial score (nSPS) is 13.8. The third-order valence-corrected chi connectivity index (χ3v) is 13.0. The first-order valence-corrected chi connectivity index (χ1v) is 18.4. The molecule has 0 aromatic heterocycles. The number of phosphoric ester groups is 1. The molecule has 1 rings (SSSR count). The van der Waals surface area contributed by atoms with Crippen molar-refractivity contribution in [3.05, 3.63) is 28.8 Å². The summed E-state index contributed by atoms with van der Waals surface area (Å²) in [5.74, 6) is 0.0455. The fourth-order valence-electron chi connectivity index (χ4n) is 3.95. The van der Waals surface area contributed by atoms with Gasteiger partial charge in [0.05, 0.1) is 18.6 Å². The Morgan fingerprint density at radius 1 is 0.923 bits per heavy atom. The van der Waals surface area contributed by atoms with E-state index in [1.807, 2.05) is 39.8 Å². The number of carbonyl (C=O) groups excluding carboxylic acids is 1. The van der Waals surface area contributed by atoms with E-state index in [0.717, 1.165) is 16.7 Å². The summed E-state index contributed by atoms with van der Waals surface area (Å²) in [7, 11) is -5.93. The van der Waals surface area contributed by atoms with Crippen LogP contribution in [0.3, 0.4) is 0 Å². The van der Waals surface area contributed by atoms with E-state index in [-0.39, 0.29) is 29.6 Å². The monoisotopic (exact) mass is 586 g/mol. The molecule has 0 atom stereocenters. The molecule has 226 valence electrons. The number of carbonyl (C=O) groups is 1. The highest BCUT2D eigenvalue weighted by Crippen LogP contribution is 2.54. The highest BCUT2D eigenvalue weighted by molar-refractivity contribution is 7.49. The Labute approximate surface area is 239 Å². The second-order valence-corrected chi connectivity index (χ2v) is 20.5. The van der Waals surface area contributed by atoms with Crippen LogP contribution in [0.5, 0.6) is 5.75 Å². The summed E-state index contributed by atoms with van der Waals surface area (Å²) in [6.45, 7) is 30.5. The molecule has 0 aliphatic carbocycles. The summed E-state index contributed by atoms with van der Waals surface area (Å²) in [6.07, 6.45) is -0.0387. The Hall–Kier alpha value is -1.18. The minimum Gasteiger partial charge on any atom is -0.460 e. The highest BCUT2D eigenvalue weighted by Gasteiger charge is 2.39. The van der Waals surface area contributed by atoms with Crippen molar-refractivity contribution in [1.82, 2.24) is 0 Å². The van der Waals surface area contributed by atoms with Crippen molar-refractivity contribution < 1.29 is 32.1 Å². The molecule has 0 aliphatic heterocycles. The summed E-state index contributed by atoms with van der Waals surface area (Å²) >= 11 is 0. The molecule has 39 heavy (non-hydrogen) atoms. The number of esters is 1. The van der Waals surface area contributed by atoms with Gasteiger partial charge in [-0.25, -0.2) is 4.57 Å². The number of aryl methyl sites for hydroxylation is 1. The van der Waals surface area contributed by atoms with E-state index in [4.69, 9.17) is 22.7 Å². The maximum absolute atomic E-state index is 13.8. The minimum absolute atomic E-state index is 0.0531. The first-order chi connectivity index (χ1) is 17.4. The van der Waals surface area contributed by atoms with Crippen molar-refractivity contribution in [2.45, 2.75) is 144 Å². The quantitative estimate of drug-likeness (QED) is 0.130. The van der Waals surface area contributed by atoms with Crippen molar-refractivity contribution in [3.8, 4) is 5.75 Å². The Balaban J connectivity index is 3.63. The van der Waals surface area contributed by atoms with Crippen molar-refractivity contribution >= 4 is 22.1 Å². The fraction of sp³-hybridized carbons (Fsp3) is 0.767. The lowest BCUT2D eigenvalue weighted by atomic mass is 9.77. The van der Waals surface area contributed by atoms with Gasteiger partial charge in [0.2, 0.25) is 0 Å². The Bertz CT molecular complexity index is 1000. The first-order valence-electron chi connectivity index (χ1n) is 14.0. The molecule has 1 aromatic rings. The molecule has 0 fully saturated rings. The maximum atomic E-state index is 13.8. The molecular formula is C30H55O7PSi. The van der Waals surface area contributed by atoms with Crippen molar-refractivity contribution in [2.75, 3.05) is 6.61 Å². The van der Waals surface area contributed by atoms with Gasteiger partial charge in [-0.15, -0.1) is 0 Å². The van der Waals surface area contributed by atoms with Gasteiger partial charge in [-0.3, -0.25) is 13.8 Å². The van der Waals surface area contributed by atoms with Gasteiger partial charge < -0.3 is 13.7 Å². The fourth-order valence-corrected chi connectivity index (χ4v) is 6.54. The predicted molar refractivity (Wildman–Crippen MR) is 162 cm³/mol. The van der Waals surface area contributed by atoms with Gasteiger partial charge in [-0.2, -0.15) is 0 Å². The smallest absolute Gasteiger partial charge is 0.460 e. The molecule has 0 spiro atoms. The molecule has 0 amide bonds. The molecule has 0 saturated carbocycles. The molecule has 1 aromatic carbocycles. The molecule has 0 saturated heterocycles. The molecule has 9 heteroatoms. The Kier molecular flexibility index (Phi) is 12.1. The van der Waals surface area contributed by atoms with E-state index >= 15 is 0 Å². The summed E-state index contributed by atoms with van der Waals surface area (Å²) < 4.78 is 43.6. The minimum atomic E-state index is -3.97. The van der Waals surface area contributed by atoms with Gasteiger partial charge in [0.15, 0.2) is 8.32 Å². The Morgan fingerprint density at radius 3 is 1.87 bits per heavy atom. The van der Waals surface area contributed by atoms with Gasteiger partial charge >= 0.3 is 13.8 Å². The zero-order chi connectivity index (χ0) is 30.6. The molecule has 0 heterocycles. The number of hydrogen-bond donors (Lipinski definition) is 0. The van der Waals surface area contributed by atoms with E-state index in [0.29, 0.717) is 18.8 Å². The second kappa shape index (κ2) is 13.2. The maximum Gasteiger partial charge on any atom is 0.530 e. The zero-order valence-corrected chi connectivity index (χ0v) is 29.1. The number of ether oxygens (including phenoxy) is 1. The van der Waals surface area contributed by atoms with E-state index < -0.39 is 27.2 Å². The SMILES string of the molecule is Cc1cc(CC(=O)OC(C)(C)C)c(C(C)(C)CCO[Si](C)(C)C(C)(C)C)c(OP(=O)(OC(C)C)OC(C)C)c1. The summed E-state index contributed by atoms with van der Waals surface area (Å²) in [5, 5.41) is 0.0894. The van der Waals surface area contributed by atoms with Crippen LogP contribution < -0.4 is 4.52 Å². The van der Waals surface area contributed by atoms with Crippen LogP contribution in [0.2, 0.25) is 18.1 Å². The molecule has 0 aliphatic rings. The topological polar surface area (TPSA) is 80.3 Å². The Morgan fingerprint density at radius 2 is 1.44 bits per heavy atom. The van der Waals surface area contributed by atoms with Crippen LogP contribution in [0.1, 0.15) is 106 Å². The van der Waals surface area contributed by atoms with Crippen LogP contribution in [0.25, 0.3) is 0 Å². The standard InChI is InChI=1S/C30H55O7PSi/c1-21(2)35-38(32,36-22(3)4)37-25-19-23(5)18-24(20-26(31)34-28(6,7)8)27(25)30(12,13)16-17-33-39(14,15)29(9,10)11/h18-19,21-22H,16-17,20H2,1-15H3. The molecular weight excluding hydrogens is 531 g/mol.